The van der Waals surface area contributed by atoms with E-state index in [2.05, 4.69) is 15.6 Å². The zero-order chi connectivity index (χ0) is 18.8. The van der Waals surface area contributed by atoms with Crippen molar-refractivity contribution in [3.8, 4) is 5.75 Å². The number of fused-ring (bicyclic) bond motifs is 3. The molecule has 4 rings (SSSR count). The maximum Gasteiger partial charge on any atom is 0.315 e. The fraction of sp³-hybridized carbons (Fsp3) is 0.350. The van der Waals surface area contributed by atoms with Crippen molar-refractivity contribution < 1.29 is 19.1 Å². The number of aromatic nitrogens is 1. The van der Waals surface area contributed by atoms with Gasteiger partial charge in [0.2, 0.25) is 0 Å². The number of hydrogen-bond donors (Lipinski definition) is 2. The smallest absolute Gasteiger partial charge is 0.315 e. The zero-order valence-corrected chi connectivity index (χ0v) is 15.0. The molecule has 0 radical (unpaired) electrons. The van der Waals surface area contributed by atoms with Crippen LogP contribution in [0, 0.1) is 5.92 Å². The van der Waals surface area contributed by atoms with E-state index in [1.807, 2.05) is 24.3 Å². The van der Waals surface area contributed by atoms with Gasteiger partial charge in [0.05, 0.1) is 24.6 Å². The predicted molar refractivity (Wildman–Crippen MR) is 97.6 cm³/mol. The highest BCUT2D eigenvalue weighted by Gasteiger charge is 2.48. The van der Waals surface area contributed by atoms with Crippen LogP contribution >= 0.6 is 0 Å². The molecule has 27 heavy (non-hydrogen) atoms. The molecule has 1 aromatic heterocycles. The summed E-state index contributed by atoms with van der Waals surface area (Å²) < 4.78 is 10.8. The van der Waals surface area contributed by atoms with Crippen molar-refractivity contribution in [1.82, 2.24) is 15.6 Å². The van der Waals surface area contributed by atoms with Crippen LogP contribution in [0.2, 0.25) is 0 Å². The Hall–Kier alpha value is -2.93. The van der Waals surface area contributed by atoms with E-state index in [0.29, 0.717) is 24.5 Å². The lowest BCUT2D eigenvalue weighted by molar-refractivity contribution is 0.0866. The van der Waals surface area contributed by atoms with Crippen molar-refractivity contribution in [2.24, 2.45) is 5.92 Å². The molecular formula is C20H21N3O4. The van der Waals surface area contributed by atoms with Crippen LogP contribution in [0.1, 0.15) is 40.0 Å². The molecule has 1 fully saturated rings. The lowest BCUT2D eigenvalue weighted by Gasteiger charge is -2.35. The first-order valence-corrected chi connectivity index (χ1v) is 8.96. The maximum atomic E-state index is 13.0. The number of carbonyl (C=O) groups excluding carboxylic acids is 2. The predicted octanol–water partition coefficient (Wildman–Crippen LogP) is 2.40. The third-order valence-electron chi connectivity index (χ3n) is 5.03. The summed E-state index contributed by atoms with van der Waals surface area (Å²) >= 11 is 0. The van der Waals surface area contributed by atoms with Gasteiger partial charge in [0, 0.05) is 38.1 Å². The molecule has 140 valence electrons. The number of rotatable bonds is 6. The van der Waals surface area contributed by atoms with E-state index in [-0.39, 0.29) is 17.9 Å². The molecule has 2 aliphatic rings. The number of nitrogens with one attached hydrogen (secondary N) is 2. The van der Waals surface area contributed by atoms with Gasteiger partial charge in [0.1, 0.15) is 5.75 Å². The highest BCUT2D eigenvalue weighted by atomic mass is 16.5. The van der Waals surface area contributed by atoms with Gasteiger partial charge < -0.3 is 20.1 Å². The van der Waals surface area contributed by atoms with Crippen molar-refractivity contribution in [2.75, 3.05) is 20.3 Å². The van der Waals surface area contributed by atoms with Crippen LogP contribution in [0.25, 0.3) is 0 Å². The molecular weight excluding hydrogens is 346 g/mol. The Kier molecular flexibility index (Phi) is 4.77. The fourth-order valence-corrected chi connectivity index (χ4v) is 3.81. The first kappa shape index (κ1) is 17.5. The fourth-order valence-electron chi connectivity index (χ4n) is 3.81. The molecule has 2 N–H and O–H groups in total. The molecule has 1 aromatic carbocycles. The van der Waals surface area contributed by atoms with Gasteiger partial charge in [-0.05, 0) is 29.3 Å². The molecule has 0 spiro atoms. The summed E-state index contributed by atoms with van der Waals surface area (Å²) in [6, 6.07) is 8.27. The van der Waals surface area contributed by atoms with Crippen molar-refractivity contribution in [1.29, 1.82) is 0 Å². The molecule has 3 unspecified atom stereocenters. The number of carbonyl (C=O) groups is 2. The van der Waals surface area contributed by atoms with E-state index in [1.54, 1.807) is 25.6 Å². The number of methoxy groups -OCH3 is 1. The number of pyridine rings is 1. The number of ether oxygens (including phenoxy) is 2. The Labute approximate surface area is 157 Å². The minimum atomic E-state index is -0.425. The largest absolute Gasteiger partial charge is 0.493 e. The van der Waals surface area contributed by atoms with Gasteiger partial charge in [-0.2, -0.15) is 0 Å². The standard InChI is InChI=1S/C20H21N3O4/c1-26-8-3-9-27-13-5-2-4-12(10-13)17-16-18(23-20(25)22-17)14-6-7-21-11-15(14)19(16)24/h2,4-7,10-11,16-18H,3,8-9H2,1H3,(H2,22,23,25). The molecule has 2 heterocycles. The van der Waals surface area contributed by atoms with E-state index in [1.165, 1.54) is 0 Å². The van der Waals surface area contributed by atoms with Crippen LogP contribution in [-0.2, 0) is 4.74 Å². The minimum absolute atomic E-state index is 0.00739. The third kappa shape index (κ3) is 3.26. The highest BCUT2D eigenvalue weighted by molar-refractivity contribution is 6.04. The number of hydrogen-bond acceptors (Lipinski definition) is 5. The summed E-state index contributed by atoms with van der Waals surface area (Å²) in [5.74, 6) is 0.287. The monoisotopic (exact) mass is 367 g/mol. The molecule has 1 aliphatic carbocycles. The van der Waals surface area contributed by atoms with Crippen molar-refractivity contribution in [3.05, 3.63) is 59.4 Å². The number of amides is 2. The second kappa shape index (κ2) is 7.36. The molecule has 1 aliphatic heterocycles. The average Bonchev–Trinajstić information content (AvgIpc) is 2.97. The van der Waals surface area contributed by atoms with E-state index in [9.17, 15) is 9.59 Å². The van der Waals surface area contributed by atoms with Crippen LogP contribution in [0.4, 0.5) is 4.79 Å². The number of urea groups is 1. The Balaban J connectivity index is 1.60. The molecule has 0 bridgehead atoms. The molecule has 0 saturated carbocycles. The van der Waals surface area contributed by atoms with Crippen LogP contribution in [0.5, 0.6) is 5.75 Å². The van der Waals surface area contributed by atoms with Crippen LogP contribution in [-0.4, -0.2) is 37.1 Å². The van der Waals surface area contributed by atoms with E-state index < -0.39 is 12.0 Å². The lowest BCUT2D eigenvalue weighted by atomic mass is 9.85. The van der Waals surface area contributed by atoms with Gasteiger partial charge in [-0.15, -0.1) is 0 Å². The van der Waals surface area contributed by atoms with E-state index in [0.717, 1.165) is 17.5 Å². The second-order valence-corrected chi connectivity index (χ2v) is 6.69. The summed E-state index contributed by atoms with van der Waals surface area (Å²) in [7, 11) is 1.66. The SMILES string of the molecule is COCCCOc1cccc(C2NC(=O)NC3c4ccncc4C(=O)C23)c1. The van der Waals surface area contributed by atoms with Crippen LogP contribution < -0.4 is 15.4 Å². The number of nitrogens with zero attached hydrogens (tertiary/aromatic N) is 1. The van der Waals surface area contributed by atoms with Crippen molar-refractivity contribution >= 4 is 11.8 Å². The topological polar surface area (TPSA) is 89.6 Å². The number of ketones is 1. The Morgan fingerprint density at radius 2 is 1.96 bits per heavy atom. The van der Waals surface area contributed by atoms with Gasteiger partial charge >= 0.3 is 6.03 Å². The number of benzene rings is 1. The number of Topliss-reactive ketones (excluding diaryl/α,β-unsaturated/α-hetero) is 1. The van der Waals surface area contributed by atoms with Gasteiger partial charge in [-0.25, -0.2) is 4.79 Å². The first-order chi connectivity index (χ1) is 13.2. The maximum absolute atomic E-state index is 13.0. The van der Waals surface area contributed by atoms with Gasteiger partial charge in [0.15, 0.2) is 5.78 Å². The summed E-state index contributed by atoms with van der Waals surface area (Å²) in [5, 5.41) is 5.79. The molecule has 3 atom stereocenters. The summed E-state index contributed by atoms with van der Waals surface area (Å²) in [5.41, 5.74) is 2.25. The Morgan fingerprint density at radius 1 is 1.11 bits per heavy atom. The Morgan fingerprint density at radius 3 is 2.81 bits per heavy atom. The van der Waals surface area contributed by atoms with Gasteiger partial charge in [-0.3, -0.25) is 9.78 Å². The highest BCUT2D eigenvalue weighted by Crippen LogP contribution is 2.44. The first-order valence-electron chi connectivity index (χ1n) is 8.96. The quantitative estimate of drug-likeness (QED) is 0.766. The third-order valence-corrected chi connectivity index (χ3v) is 5.03. The average molecular weight is 367 g/mol. The zero-order valence-electron chi connectivity index (χ0n) is 15.0. The van der Waals surface area contributed by atoms with Crippen molar-refractivity contribution in [2.45, 2.75) is 18.5 Å². The second-order valence-electron chi connectivity index (χ2n) is 6.69. The molecule has 1 saturated heterocycles. The summed E-state index contributed by atoms with van der Waals surface area (Å²) in [6.07, 6.45) is 4.01. The molecule has 2 amide bonds. The van der Waals surface area contributed by atoms with Crippen molar-refractivity contribution in [3.63, 3.8) is 0 Å². The van der Waals surface area contributed by atoms with E-state index in [4.69, 9.17) is 9.47 Å². The summed E-state index contributed by atoms with van der Waals surface area (Å²) in [4.78, 5) is 29.3. The molecule has 7 heteroatoms. The van der Waals surface area contributed by atoms with Crippen LogP contribution in [0.3, 0.4) is 0 Å². The van der Waals surface area contributed by atoms with Gasteiger partial charge in [-0.1, -0.05) is 12.1 Å². The lowest BCUT2D eigenvalue weighted by Crippen LogP contribution is -2.51. The minimum Gasteiger partial charge on any atom is -0.493 e. The summed E-state index contributed by atoms with van der Waals surface area (Å²) in [6.45, 7) is 1.17. The molecule has 2 aromatic rings. The van der Waals surface area contributed by atoms with E-state index >= 15 is 0 Å². The normalized spacial score (nSPS) is 23.2. The van der Waals surface area contributed by atoms with Crippen LogP contribution in [0.15, 0.2) is 42.7 Å². The Bertz CT molecular complexity index is 870. The van der Waals surface area contributed by atoms with Gasteiger partial charge in [0.25, 0.3) is 0 Å². The molecule has 7 nitrogen and oxygen atoms in total.